The molecular formula is C27H18ClN3O4. The Morgan fingerprint density at radius 2 is 1.83 bits per heavy atom. The number of halogens is 1. The van der Waals surface area contributed by atoms with Crippen LogP contribution in [0.2, 0.25) is 5.02 Å². The molecule has 35 heavy (non-hydrogen) atoms. The third-order valence-electron chi connectivity index (χ3n) is 5.42. The van der Waals surface area contributed by atoms with E-state index in [1.807, 2.05) is 36.4 Å². The van der Waals surface area contributed by atoms with Gasteiger partial charge in [-0.15, -0.1) is 0 Å². The number of rotatable bonds is 6. The van der Waals surface area contributed by atoms with Gasteiger partial charge in [0.1, 0.15) is 5.52 Å². The standard InChI is InChI=1S/C27H18ClN3O4/c28-21-9-10-25-23(15-21)30-27(35-25)19-7-4-8-22(14-19)29-16-20-12-18(11-17-5-2-1-3-6-17)13-24(26(20)32)31(33)34/h1-10,12-16,32H,11H2. The van der Waals surface area contributed by atoms with E-state index < -0.39 is 10.7 Å². The molecule has 8 heteroatoms. The third-order valence-corrected chi connectivity index (χ3v) is 5.66. The molecule has 5 aromatic rings. The first kappa shape index (κ1) is 22.3. The van der Waals surface area contributed by atoms with Gasteiger partial charge in [-0.2, -0.15) is 0 Å². The number of phenolic OH excluding ortho intramolecular Hbond substituents is 1. The molecular weight excluding hydrogens is 466 g/mol. The summed E-state index contributed by atoms with van der Waals surface area (Å²) in [6.45, 7) is 0. The average Bonchev–Trinajstić information content (AvgIpc) is 3.28. The molecule has 1 N–H and O–H groups in total. The highest BCUT2D eigenvalue weighted by Crippen LogP contribution is 2.32. The van der Waals surface area contributed by atoms with Crippen molar-refractivity contribution in [3.8, 4) is 17.2 Å². The summed E-state index contributed by atoms with van der Waals surface area (Å²) in [7, 11) is 0. The van der Waals surface area contributed by atoms with Gasteiger partial charge >= 0.3 is 5.69 Å². The Bertz CT molecular complexity index is 1580. The fourth-order valence-electron chi connectivity index (χ4n) is 3.76. The first-order valence-electron chi connectivity index (χ1n) is 10.7. The van der Waals surface area contributed by atoms with E-state index in [4.69, 9.17) is 16.0 Å². The van der Waals surface area contributed by atoms with E-state index in [9.17, 15) is 15.2 Å². The average molecular weight is 484 g/mol. The summed E-state index contributed by atoms with van der Waals surface area (Å²) in [6.07, 6.45) is 1.90. The highest BCUT2D eigenvalue weighted by molar-refractivity contribution is 6.31. The Morgan fingerprint density at radius 1 is 1.00 bits per heavy atom. The van der Waals surface area contributed by atoms with Gasteiger partial charge in [-0.25, -0.2) is 4.98 Å². The second kappa shape index (κ2) is 9.40. The van der Waals surface area contributed by atoms with Crippen molar-refractivity contribution in [3.05, 3.63) is 117 Å². The number of nitrogens with zero attached hydrogens (tertiary/aromatic N) is 3. The zero-order valence-electron chi connectivity index (χ0n) is 18.3. The number of oxazole rings is 1. The quantitative estimate of drug-likeness (QED) is 0.157. The topological polar surface area (TPSA) is 102 Å². The van der Waals surface area contributed by atoms with E-state index in [2.05, 4.69) is 9.98 Å². The number of hydrogen-bond donors (Lipinski definition) is 1. The van der Waals surface area contributed by atoms with Crippen LogP contribution in [-0.2, 0) is 6.42 Å². The molecule has 0 amide bonds. The molecule has 7 nitrogen and oxygen atoms in total. The summed E-state index contributed by atoms with van der Waals surface area (Å²) in [5, 5.41) is 22.6. The Kier molecular flexibility index (Phi) is 5.99. The molecule has 0 aliphatic heterocycles. The van der Waals surface area contributed by atoms with Gasteiger partial charge in [-0.1, -0.05) is 48.0 Å². The number of phenols is 1. The van der Waals surface area contributed by atoms with E-state index in [1.54, 1.807) is 42.5 Å². The predicted molar refractivity (Wildman–Crippen MR) is 136 cm³/mol. The van der Waals surface area contributed by atoms with E-state index in [-0.39, 0.29) is 11.3 Å². The maximum absolute atomic E-state index is 11.5. The number of benzene rings is 4. The van der Waals surface area contributed by atoms with E-state index in [0.29, 0.717) is 45.2 Å². The molecule has 0 unspecified atom stereocenters. The minimum atomic E-state index is -0.596. The zero-order valence-corrected chi connectivity index (χ0v) is 19.0. The van der Waals surface area contributed by atoms with Crippen LogP contribution in [0.4, 0.5) is 11.4 Å². The van der Waals surface area contributed by atoms with Crippen LogP contribution >= 0.6 is 11.6 Å². The van der Waals surface area contributed by atoms with Crippen LogP contribution in [0.5, 0.6) is 5.75 Å². The number of aromatic hydroxyl groups is 1. The van der Waals surface area contributed by atoms with Gasteiger partial charge in [0.05, 0.1) is 10.6 Å². The Labute approximate surface area is 205 Å². The van der Waals surface area contributed by atoms with Crippen LogP contribution in [0.15, 0.2) is 94.3 Å². The van der Waals surface area contributed by atoms with E-state index in [0.717, 1.165) is 5.56 Å². The molecule has 1 aromatic heterocycles. The molecule has 0 radical (unpaired) electrons. The van der Waals surface area contributed by atoms with Crippen molar-refractivity contribution >= 4 is 40.3 Å². The lowest BCUT2D eigenvalue weighted by Gasteiger charge is -2.06. The minimum Gasteiger partial charge on any atom is -0.502 e. The number of aromatic nitrogens is 1. The summed E-state index contributed by atoms with van der Waals surface area (Å²) < 4.78 is 5.82. The monoisotopic (exact) mass is 483 g/mol. The van der Waals surface area contributed by atoms with Crippen molar-refractivity contribution in [2.24, 2.45) is 4.99 Å². The second-order valence-electron chi connectivity index (χ2n) is 7.91. The Balaban J connectivity index is 1.47. The fraction of sp³-hybridized carbons (Fsp3) is 0.0370. The molecule has 5 rings (SSSR count). The molecule has 0 atom stereocenters. The highest BCUT2D eigenvalue weighted by Gasteiger charge is 2.18. The number of hydrogen-bond acceptors (Lipinski definition) is 6. The Morgan fingerprint density at radius 3 is 2.63 bits per heavy atom. The van der Waals surface area contributed by atoms with Gasteiger partial charge in [-0.3, -0.25) is 15.1 Å². The molecule has 0 spiro atoms. The summed E-state index contributed by atoms with van der Waals surface area (Å²) in [6, 6.07) is 25.1. The summed E-state index contributed by atoms with van der Waals surface area (Å²) in [4.78, 5) is 19.9. The summed E-state index contributed by atoms with van der Waals surface area (Å²) in [5.74, 6) is -0.00907. The molecule has 0 aliphatic carbocycles. The Hall–Kier alpha value is -4.49. The highest BCUT2D eigenvalue weighted by atomic mass is 35.5. The number of nitro groups is 1. The van der Waals surface area contributed by atoms with Gasteiger partial charge in [-0.05, 0) is 60.0 Å². The largest absolute Gasteiger partial charge is 0.502 e. The fourth-order valence-corrected chi connectivity index (χ4v) is 3.93. The lowest BCUT2D eigenvalue weighted by atomic mass is 10.0. The van der Waals surface area contributed by atoms with E-state index >= 15 is 0 Å². The van der Waals surface area contributed by atoms with Crippen molar-refractivity contribution in [2.45, 2.75) is 6.42 Å². The van der Waals surface area contributed by atoms with Crippen molar-refractivity contribution < 1.29 is 14.4 Å². The molecule has 0 aliphatic rings. The first-order valence-corrected chi connectivity index (χ1v) is 11.1. The normalized spacial score (nSPS) is 11.3. The lowest BCUT2D eigenvalue weighted by Crippen LogP contribution is -1.97. The van der Waals surface area contributed by atoms with E-state index in [1.165, 1.54) is 12.3 Å². The zero-order chi connectivity index (χ0) is 24.4. The van der Waals surface area contributed by atoms with Crippen LogP contribution in [-0.4, -0.2) is 21.2 Å². The van der Waals surface area contributed by atoms with Crippen molar-refractivity contribution in [2.75, 3.05) is 0 Å². The van der Waals surface area contributed by atoms with Gasteiger partial charge < -0.3 is 9.52 Å². The number of fused-ring (bicyclic) bond motifs is 1. The predicted octanol–water partition coefficient (Wildman–Crippen LogP) is 7.10. The summed E-state index contributed by atoms with van der Waals surface area (Å²) >= 11 is 6.04. The van der Waals surface area contributed by atoms with Crippen LogP contribution in [0, 0.1) is 10.1 Å². The molecule has 0 saturated carbocycles. The van der Waals surface area contributed by atoms with Gasteiger partial charge in [0, 0.05) is 28.4 Å². The van der Waals surface area contributed by atoms with Crippen molar-refractivity contribution in [1.29, 1.82) is 0 Å². The second-order valence-corrected chi connectivity index (χ2v) is 8.35. The molecule has 0 bridgehead atoms. The molecule has 172 valence electrons. The van der Waals surface area contributed by atoms with Gasteiger partial charge in [0.2, 0.25) is 11.6 Å². The van der Waals surface area contributed by atoms with Crippen LogP contribution in [0.3, 0.4) is 0 Å². The maximum Gasteiger partial charge on any atom is 0.311 e. The lowest BCUT2D eigenvalue weighted by molar-refractivity contribution is -0.385. The van der Waals surface area contributed by atoms with Crippen LogP contribution in [0.1, 0.15) is 16.7 Å². The maximum atomic E-state index is 11.5. The van der Waals surface area contributed by atoms with Crippen LogP contribution in [0.25, 0.3) is 22.6 Å². The molecule has 0 saturated heterocycles. The van der Waals surface area contributed by atoms with Crippen molar-refractivity contribution in [3.63, 3.8) is 0 Å². The minimum absolute atomic E-state index is 0.257. The molecule has 0 fully saturated rings. The van der Waals surface area contributed by atoms with Crippen LogP contribution < -0.4 is 0 Å². The SMILES string of the molecule is O=[N+]([O-])c1cc(Cc2ccccc2)cc(C=Nc2cccc(-c3nc4cc(Cl)ccc4o3)c2)c1O. The molecule has 1 heterocycles. The van der Waals surface area contributed by atoms with Crippen molar-refractivity contribution in [1.82, 2.24) is 4.98 Å². The van der Waals surface area contributed by atoms with Gasteiger partial charge in [0.15, 0.2) is 5.58 Å². The molecule has 4 aromatic carbocycles. The summed E-state index contributed by atoms with van der Waals surface area (Å²) in [5.41, 5.74) is 4.13. The number of aliphatic imine (C=N–C) groups is 1. The number of nitro benzene ring substituents is 1. The van der Waals surface area contributed by atoms with Gasteiger partial charge in [0.25, 0.3) is 0 Å². The first-order chi connectivity index (χ1) is 17.0. The third kappa shape index (κ3) is 4.90. The smallest absolute Gasteiger partial charge is 0.311 e.